The average molecular weight is 351 g/mol. The van der Waals surface area contributed by atoms with Gasteiger partial charge in [0.15, 0.2) is 0 Å². The van der Waals surface area contributed by atoms with Gasteiger partial charge in [-0.15, -0.1) is 5.10 Å². The molecule has 1 aliphatic heterocycles. The lowest BCUT2D eigenvalue weighted by atomic mass is 10.2. The summed E-state index contributed by atoms with van der Waals surface area (Å²) in [7, 11) is -3.46. The summed E-state index contributed by atoms with van der Waals surface area (Å²) in [5.74, 6) is -0.141. The van der Waals surface area contributed by atoms with Gasteiger partial charge in [-0.25, -0.2) is 12.8 Å². The molecule has 1 atom stereocenters. The topological polar surface area (TPSA) is 72.4 Å². The Morgan fingerprint density at radius 3 is 2.62 bits per heavy atom. The summed E-state index contributed by atoms with van der Waals surface area (Å²) in [4.78, 5) is 0. The molecule has 1 aromatic heterocycles. The van der Waals surface area contributed by atoms with Gasteiger partial charge in [0.25, 0.3) is 0 Å². The zero-order chi connectivity index (χ0) is 17.2. The number of aromatic nitrogens is 2. The lowest BCUT2D eigenvalue weighted by Gasteiger charge is -2.17. The molecule has 6 nitrogen and oxygen atoms in total. The van der Waals surface area contributed by atoms with E-state index in [1.807, 2.05) is 6.92 Å². The van der Waals surface area contributed by atoms with E-state index in [9.17, 15) is 12.8 Å². The SMILES string of the molecule is Cc1ccc(OC2CCN(S(=O)(=O)Cc3ccc(F)cc3)C2)nn1. The molecule has 1 saturated heterocycles. The van der Waals surface area contributed by atoms with E-state index < -0.39 is 10.0 Å². The number of benzene rings is 1. The maximum absolute atomic E-state index is 12.9. The van der Waals surface area contributed by atoms with Crippen molar-refractivity contribution in [2.24, 2.45) is 0 Å². The molecule has 0 radical (unpaired) electrons. The summed E-state index contributed by atoms with van der Waals surface area (Å²) >= 11 is 0. The van der Waals surface area contributed by atoms with Crippen molar-refractivity contribution in [3.63, 3.8) is 0 Å². The van der Waals surface area contributed by atoms with Crippen LogP contribution in [0.4, 0.5) is 4.39 Å². The van der Waals surface area contributed by atoms with E-state index in [1.165, 1.54) is 28.6 Å². The zero-order valence-corrected chi connectivity index (χ0v) is 14.0. The third kappa shape index (κ3) is 4.07. The second kappa shape index (κ2) is 6.82. The van der Waals surface area contributed by atoms with Gasteiger partial charge in [0.1, 0.15) is 11.9 Å². The zero-order valence-electron chi connectivity index (χ0n) is 13.2. The van der Waals surface area contributed by atoms with Crippen LogP contribution >= 0.6 is 0 Å². The fraction of sp³-hybridized carbons (Fsp3) is 0.375. The lowest BCUT2D eigenvalue weighted by molar-refractivity contribution is 0.204. The predicted octanol–water partition coefficient (Wildman–Crippen LogP) is 1.91. The van der Waals surface area contributed by atoms with Gasteiger partial charge in [0, 0.05) is 12.6 Å². The molecule has 0 bridgehead atoms. The molecule has 0 aliphatic carbocycles. The largest absolute Gasteiger partial charge is 0.472 e. The van der Waals surface area contributed by atoms with Crippen molar-refractivity contribution in [3.8, 4) is 5.88 Å². The van der Waals surface area contributed by atoms with Gasteiger partial charge in [0.2, 0.25) is 15.9 Å². The van der Waals surface area contributed by atoms with Crippen LogP contribution in [0.5, 0.6) is 5.88 Å². The van der Waals surface area contributed by atoms with Crippen molar-refractivity contribution >= 4 is 10.0 Å². The number of hydrogen-bond donors (Lipinski definition) is 0. The molecule has 0 spiro atoms. The summed E-state index contributed by atoms with van der Waals surface area (Å²) in [5.41, 5.74) is 1.35. The number of aryl methyl sites for hydroxylation is 1. The van der Waals surface area contributed by atoms with E-state index in [2.05, 4.69) is 10.2 Å². The highest BCUT2D eigenvalue weighted by molar-refractivity contribution is 7.88. The van der Waals surface area contributed by atoms with Gasteiger partial charge in [0.05, 0.1) is 18.0 Å². The molecule has 0 saturated carbocycles. The molecule has 1 aliphatic rings. The smallest absolute Gasteiger partial charge is 0.233 e. The Hall–Kier alpha value is -2.06. The Morgan fingerprint density at radius 1 is 1.21 bits per heavy atom. The summed E-state index contributed by atoms with van der Waals surface area (Å²) in [5, 5.41) is 7.84. The Kier molecular flexibility index (Phi) is 4.77. The Balaban J connectivity index is 1.61. The maximum Gasteiger partial charge on any atom is 0.233 e. The van der Waals surface area contributed by atoms with Gasteiger partial charge in [-0.2, -0.15) is 9.40 Å². The monoisotopic (exact) mass is 351 g/mol. The predicted molar refractivity (Wildman–Crippen MR) is 86.4 cm³/mol. The molecule has 8 heteroatoms. The Bertz CT molecular complexity index is 794. The second-order valence-corrected chi connectivity index (χ2v) is 7.75. The molecule has 1 aromatic carbocycles. The first-order valence-electron chi connectivity index (χ1n) is 7.62. The number of ether oxygens (including phenoxy) is 1. The highest BCUT2D eigenvalue weighted by Crippen LogP contribution is 2.21. The number of rotatable bonds is 5. The van der Waals surface area contributed by atoms with Crippen molar-refractivity contribution in [3.05, 3.63) is 53.5 Å². The van der Waals surface area contributed by atoms with Gasteiger partial charge in [-0.05, 0) is 37.1 Å². The van der Waals surface area contributed by atoms with Gasteiger partial charge in [-0.1, -0.05) is 12.1 Å². The average Bonchev–Trinajstić information content (AvgIpc) is 3.01. The molecule has 1 fully saturated rings. The quantitative estimate of drug-likeness (QED) is 0.823. The molecular weight excluding hydrogens is 333 g/mol. The molecule has 0 amide bonds. The minimum absolute atomic E-state index is 0.148. The Morgan fingerprint density at radius 2 is 1.96 bits per heavy atom. The lowest BCUT2D eigenvalue weighted by Crippen LogP contribution is -2.32. The summed E-state index contributed by atoms with van der Waals surface area (Å²) in [6.45, 7) is 2.50. The van der Waals surface area contributed by atoms with E-state index in [0.717, 1.165) is 5.69 Å². The fourth-order valence-corrected chi connectivity index (χ4v) is 4.12. The minimum Gasteiger partial charge on any atom is -0.472 e. The highest BCUT2D eigenvalue weighted by atomic mass is 32.2. The molecule has 24 heavy (non-hydrogen) atoms. The first kappa shape index (κ1) is 16.8. The number of sulfonamides is 1. The third-order valence-corrected chi connectivity index (χ3v) is 5.64. The van der Waals surface area contributed by atoms with Crippen LogP contribution < -0.4 is 4.74 Å². The number of nitrogens with zero attached hydrogens (tertiary/aromatic N) is 3. The summed E-state index contributed by atoms with van der Waals surface area (Å²) in [6.07, 6.45) is 0.350. The summed E-state index contributed by atoms with van der Waals surface area (Å²) in [6, 6.07) is 9.00. The molecule has 0 N–H and O–H groups in total. The first-order valence-corrected chi connectivity index (χ1v) is 9.22. The van der Waals surface area contributed by atoms with Crippen LogP contribution in [-0.4, -0.2) is 42.1 Å². The van der Waals surface area contributed by atoms with Gasteiger partial charge >= 0.3 is 0 Å². The molecule has 3 rings (SSSR count). The fourth-order valence-electron chi connectivity index (χ4n) is 2.55. The normalized spacial score (nSPS) is 18.7. The van der Waals surface area contributed by atoms with Crippen LogP contribution in [0.3, 0.4) is 0 Å². The van der Waals surface area contributed by atoms with Crippen LogP contribution in [0.2, 0.25) is 0 Å². The van der Waals surface area contributed by atoms with E-state index in [4.69, 9.17) is 4.74 Å². The van der Waals surface area contributed by atoms with E-state index in [1.54, 1.807) is 12.1 Å². The van der Waals surface area contributed by atoms with Crippen LogP contribution in [0, 0.1) is 12.7 Å². The van der Waals surface area contributed by atoms with Crippen LogP contribution in [0.1, 0.15) is 17.7 Å². The molecular formula is C16H18FN3O3S. The van der Waals surface area contributed by atoms with Crippen LogP contribution in [0.15, 0.2) is 36.4 Å². The molecule has 2 heterocycles. The molecule has 128 valence electrons. The first-order chi connectivity index (χ1) is 11.4. The molecule has 1 unspecified atom stereocenters. The third-order valence-electron chi connectivity index (χ3n) is 3.82. The summed E-state index contributed by atoms with van der Waals surface area (Å²) < 4.78 is 45.0. The van der Waals surface area contributed by atoms with Crippen molar-refractivity contribution < 1.29 is 17.5 Å². The van der Waals surface area contributed by atoms with Gasteiger partial charge < -0.3 is 4.74 Å². The van der Waals surface area contributed by atoms with Crippen molar-refractivity contribution in [1.29, 1.82) is 0 Å². The number of halogens is 1. The standard InChI is InChI=1S/C16H18FN3O3S/c1-12-2-7-16(19-18-12)23-15-8-9-20(10-15)24(21,22)11-13-3-5-14(17)6-4-13/h2-7,15H,8-11H2,1H3. The van der Waals surface area contributed by atoms with Crippen molar-refractivity contribution in [1.82, 2.24) is 14.5 Å². The maximum atomic E-state index is 12.9. The number of hydrogen-bond acceptors (Lipinski definition) is 5. The minimum atomic E-state index is -3.46. The van der Waals surface area contributed by atoms with Crippen molar-refractivity contribution in [2.75, 3.05) is 13.1 Å². The Labute approximate surface area is 140 Å². The van der Waals surface area contributed by atoms with Gasteiger partial charge in [-0.3, -0.25) is 0 Å². The van der Waals surface area contributed by atoms with Crippen LogP contribution in [-0.2, 0) is 15.8 Å². The van der Waals surface area contributed by atoms with E-state index in [-0.39, 0.29) is 24.2 Å². The second-order valence-electron chi connectivity index (χ2n) is 5.78. The van der Waals surface area contributed by atoms with E-state index >= 15 is 0 Å². The molecule has 2 aromatic rings. The van der Waals surface area contributed by atoms with E-state index in [0.29, 0.717) is 24.4 Å². The highest BCUT2D eigenvalue weighted by Gasteiger charge is 2.32. The van der Waals surface area contributed by atoms with Crippen molar-refractivity contribution in [2.45, 2.75) is 25.2 Å². The van der Waals surface area contributed by atoms with Crippen LogP contribution in [0.25, 0.3) is 0 Å².